The second kappa shape index (κ2) is 7.68. The van der Waals surface area contributed by atoms with Crippen molar-refractivity contribution in [3.63, 3.8) is 0 Å². The second-order valence-electron chi connectivity index (χ2n) is 5.18. The quantitative estimate of drug-likeness (QED) is 0.630. The topological polar surface area (TPSA) is 66.6 Å². The van der Waals surface area contributed by atoms with Gasteiger partial charge >= 0.3 is 0 Å². The predicted octanol–water partition coefficient (Wildman–Crippen LogP) is 3.15. The molecule has 2 aromatic rings. The first-order chi connectivity index (χ1) is 10.6. The minimum atomic E-state index is -0.663. The van der Waals surface area contributed by atoms with E-state index >= 15 is 0 Å². The number of nitro groups is 1. The number of nitro benzene ring substituents is 1. The minimum absolute atomic E-state index is 0.0348. The summed E-state index contributed by atoms with van der Waals surface area (Å²) < 4.78 is 0. The predicted molar refractivity (Wildman–Crippen MR) is 85.4 cm³/mol. The van der Waals surface area contributed by atoms with Gasteiger partial charge in [0.15, 0.2) is 0 Å². The normalized spacial score (nSPS) is 12.3. The Labute approximate surface area is 130 Å². The largest absolute Gasteiger partial charge is 0.387 e. The van der Waals surface area contributed by atoms with Crippen molar-refractivity contribution in [1.82, 2.24) is 4.90 Å². The van der Waals surface area contributed by atoms with Crippen LogP contribution >= 0.6 is 0 Å². The minimum Gasteiger partial charge on any atom is -0.387 e. The van der Waals surface area contributed by atoms with Gasteiger partial charge in [-0.25, -0.2) is 0 Å². The summed E-state index contributed by atoms with van der Waals surface area (Å²) in [6.07, 6.45) is -0.663. The molecule has 1 N–H and O–H groups in total. The van der Waals surface area contributed by atoms with Crippen LogP contribution in [-0.2, 0) is 6.54 Å². The van der Waals surface area contributed by atoms with Crippen LogP contribution in [0, 0.1) is 10.1 Å². The third-order valence-electron chi connectivity index (χ3n) is 3.62. The van der Waals surface area contributed by atoms with E-state index in [1.807, 2.05) is 25.1 Å². The van der Waals surface area contributed by atoms with Crippen molar-refractivity contribution in [2.24, 2.45) is 0 Å². The molecule has 0 aliphatic rings. The van der Waals surface area contributed by atoms with Crippen molar-refractivity contribution in [1.29, 1.82) is 0 Å². The number of aliphatic hydroxyl groups excluding tert-OH is 1. The van der Waals surface area contributed by atoms with Gasteiger partial charge in [0.05, 0.1) is 11.0 Å². The van der Waals surface area contributed by atoms with Gasteiger partial charge in [-0.15, -0.1) is 0 Å². The van der Waals surface area contributed by atoms with Crippen molar-refractivity contribution in [3.8, 4) is 0 Å². The van der Waals surface area contributed by atoms with Crippen LogP contribution in [0.15, 0.2) is 54.6 Å². The molecule has 0 spiro atoms. The van der Waals surface area contributed by atoms with Gasteiger partial charge in [0.1, 0.15) is 0 Å². The SMILES string of the molecule is CCN(Cc1ccccc1)CC(O)c1ccc([N+](=O)[O-])cc1. The Kier molecular flexibility index (Phi) is 5.63. The molecule has 5 heteroatoms. The number of nitrogens with zero attached hydrogens (tertiary/aromatic N) is 2. The van der Waals surface area contributed by atoms with Crippen LogP contribution in [-0.4, -0.2) is 28.0 Å². The van der Waals surface area contributed by atoms with E-state index in [9.17, 15) is 15.2 Å². The molecular weight excluding hydrogens is 280 g/mol. The highest BCUT2D eigenvalue weighted by Gasteiger charge is 2.14. The summed E-state index contributed by atoms with van der Waals surface area (Å²) in [6.45, 7) is 4.12. The number of hydrogen-bond donors (Lipinski definition) is 1. The Bertz CT molecular complexity index is 599. The lowest BCUT2D eigenvalue weighted by molar-refractivity contribution is -0.384. The highest BCUT2D eigenvalue weighted by molar-refractivity contribution is 5.33. The molecular formula is C17H20N2O3. The van der Waals surface area contributed by atoms with Crippen molar-refractivity contribution in [2.75, 3.05) is 13.1 Å². The molecule has 0 saturated heterocycles. The zero-order chi connectivity index (χ0) is 15.9. The maximum Gasteiger partial charge on any atom is 0.269 e. The molecule has 0 amide bonds. The Morgan fingerprint density at radius 3 is 2.32 bits per heavy atom. The van der Waals surface area contributed by atoms with Gasteiger partial charge in [0.25, 0.3) is 5.69 Å². The highest BCUT2D eigenvalue weighted by atomic mass is 16.6. The maximum absolute atomic E-state index is 10.6. The Balaban J connectivity index is 1.99. The summed E-state index contributed by atoms with van der Waals surface area (Å²) in [5.41, 5.74) is 1.92. The van der Waals surface area contributed by atoms with Crippen LogP contribution < -0.4 is 0 Å². The van der Waals surface area contributed by atoms with Crippen molar-refractivity contribution >= 4 is 5.69 Å². The van der Waals surface area contributed by atoms with Crippen LogP contribution in [0.25, 0.3) is 0 Å². The van der Waals surface area contributed by atoms with Gasteiger partial charge in [-0.3, -0.25) is 15.0 Å². The van der Waals surface area contributed by atoms with E-state index in [4.69, 9.17) is 0 Å². The maximum atomic E-state index is 10.6. The lowest BCUT2D eigenvalue weighted by Crippen LogP contribution is -2.28. The molecule has 2 rings (SSSR count). The molecule has 1 atom stereocenters. The smallest absolute Gasteiger partial charge is 0.269 e. The summed E-state index contributed by atoms with van der Waals surface area (Å²) in [7, 11) is 0. The Morgan fingerprint density at radius 1 is 1.14 bits per heavy atom. The van der Waals surface area contributed by atoms with E-state index in [-0.39, 0.29) is 5.69 Å². The molecule has 0 aliphatic carbocycles. The summed E-state index contributed by atoms with van der Waals surface area (Å²) in [6, 6.07) is 16.1. The van der Waals surface area contributed by atoms with Crippen LogP contribution in [0.2, 0.25) is 0 Å². The zero-order valence-corrected chi connectivity index (χ0v) is 12.6. The molecule has 1 unspecified atom stereocenters. The number of aliphatic hydroxyl groups is 1. The summed E-state index contributed by atoms with van der Waals surface area (Å²) in [5.74, 6) is 0. The number of likely N-dealkylation sites (N-methyl/N-ethyl adjacent to an activating group) is 1. The fourth-order valence-corrected chi connectivity index (χ4v) is 2.32. The van der Waals surface area contributed by atoms with Crippen LogP contribution in [0.5, 0.6) is 0 Å². The monoisotopic (exact) mass is 300 g/mol. The first kappa shape index (κ1) is 16.1. The molecule has 0 aromatic heterocycles. The number of non-ortho nitro benzene ring substituents is 1. The lowest BCUT2D eigenvalue weighted by Gasteiger charge is -2.23. The van der Waals surface area contributed by atoms with Crippen molar-refractivity contribution in [2.45, 2.75) is 19.6 Å². The molecule has 116 valence electrons. The number of rotatable bonds is 7. The average molecular weight is 300 g/mol. The van der Waals surface area contributed by atoms with E-state index in [1.165, 1.54) is 17.7 Å². The van der Waals surface area contributed by atoms with Crippen LogP contribution in [0.4, 0.5) is 5.69 Å². The summed E-state index contributed by atoms with van der Waals surface area (Å²) in [4.78, 5) is 12.3. The molecule has 0 aliphatic heterocycles. The van der Waals surface area contributed by atoms with E-state index in [0.717, 1.165) is 13.1 Å². The third-order valence-corrected chi connectivity index (χ3v) is 3.62. The van der Waals surface area contributed by atoms with E-state index in [1.54, 1.807) is 12.1 Å². The molecule has 2 aromatic carbocycles. The molecule has 0 radical (unpaired) electrons. The summed E-state index contributed by atoms with van der Waals surface area (Å²) in [5, 5.41) is 21.0. The Morgan fingerprint density at radius 2 is 1.77 bits per heavy atom. The van der Waals surface area contributed by atoms with Crippen molar-refractivity contribution < 1.29 is 10.0 Å². The van der Waals surface area contributed by atoms with E-state index in [0.29, 0.717) is 12.1 Å². The third kappa shape index (κ3) is 4.38. The first-order valence-corrected chi connectivity index (χ1v) is 7.29. The number of hydrogen-bond acceptors (Lipinski definition) is 4. The van der Waals surface area contributed by atoms with Gasteiger partial charge in [0.2, 0.25) is 0 Å². The van der Waals surface area contributed by atoms with Crippen LogP contribution in [0.3, 0.4) is 0 Å². The zero-order valence-electron chi connectivity index (χ0n) is 12.6. The van der Waals surface area contributed by atoms with E-state index < -0.39 is 11.0 Å². The van der Waals surface area contributed by atoms with Gasteiger partial charge in [-0.2, -0.15) is 0 Å². The molecule has 5 nitrogen and oxygen atoms in total. The molecule has 0 fully saturated rings. The van der Waals surface area contributed by atoms with Gasteiger partial charge in [-0.05, 0) is 29.8 Å². The lowest BCUT2D eigenvalue weighted by atomic mass is 10.1. The summed E-state index contributed by atoms with van der Waals surface area (Å²) >= 11 is 0. The Hall–Kier alpha value is -2.24. The highest BCUT2D eigenvalue weighted by Crippen LogP contribution is 2.19. The van der Waals surface area contributed by atoms with Gasteiger partial charge in [0, 0.05) is 25.2 Å². The molecule has 0 saturated carbocycles. The van der Waals surface area contributed by atoms with Gasteiger partial charge < -0.3 is 5.11 Å². The van der Waals surface area contributed by atoms with Gasteiger partial charge in [-0.1, -0.05) is 37.3 Å². The number of benzene rings is 2. The molecule has 0 bridgehead atoms. The standard InChI is InChI=1S/C17H20N2O3/c1-2-18(12-14-6-4-3-5-7-14)13-17(20)15-8-10-16(11-9-15)19(21)22/h3-11,17,20H,2,12-13H2,1H3. The fraction of sp³-hybridized carbons (Fsp3) is 0.294. The fourth-order valence-electron chi connectivity index (χ4n) is 2.32. The second-order valence-corrected chi connectivity index (χ2v) is 5.18. The molecule has 22 heavy (non-hydrogen) atoms. The van der Waals surface area contributed by atoms with Crippen molar-refractivity contribution in [3.05, 3.63) is 75.8 Å². The van der Waals surface area contributed by atoms with E-state index in [2.05, 4.69) is 17.0 Å². The molecule has 0 heterocycles. The first-order valence-electron chi connectivity index (χ1n) is 7.29. The average Bonchev–Trinajstić information content (AvgIpc) is 2.55. The van der Waals surface area contributed by atoms with Crippen LogP contribution in [0.1, 0.15) is 24.2 Å².